The van der Waals surface area contributed by atoms with Crippen molar-refractivity contribution in [3.63, 3.8) is 0 Å². The van der Waals surface area contributed by atoms with Gasteiger partial charge in [0.15, 0.2) is 0 Å². The highest BCUT2D eigenvalue weighted by molar-refractivity contribution is 6.29. The van der Waals surface area contributed by atoms with Gasteiger partial charge in [-0.05, 0) is 30.4 Å². The molecule has 4 rings (SSSR count). The molecule has 7 heteroatoms. The van der Waals surface area contributed by atoms with Crippen molar-refractivity contribution in [1.82, 2.24) is 9.97 Å². The Kier molecular flexibility index (Phi) is 3.41. The molecule has 23 heavy (non-hydrogen) atoms. The van der Waals surface area contributed by atoms with Crippen molar-refractivity contribution in [2.45, 2.75) is 31.7 Å². The number of nitrogens with zero attached hydrogens (tertiary/aromatic N) is 4. The summed E-state index contributed by atoms with van der Waals surface area (Å²) in [5.41, 5.74) is 2.27. The maximum Gasteiger partial charge on any atom is 0.269 e. The van der Waals surface area contributed by atoms with E-state index in [4.69, 9.17) is 11.6 Å². The molecule has 1 aliphatic heterocycles. The lowest BCUT2D eigenvalue weighted by Crippen LogP contribution is -2.31. The van der Waals surface area contributed by atoms with Gasteiger partial charge in [0.05, 0.1) is 4.92 Å². The Labute approximate surface area is 138 Å². The Bertz CT molecular complexity index is 792. The minimum absolute atomic E-state index is 0.130. The van der Waals surface area contributed by atoms with Crippen LogP contribution >= 0.6 is 11.6 Å². The molecule has 1 aromatic heterocycles. The molecule has 0 amide bonds. The molecule has 2 aliphatic rings. The van der Waals surface area contributed by atoms with Gasteiger partial charge in [-0.25, -0.2) is 9.97 Å². The number of aromatic nitrogens is 2. The van der Waals surface area contributed by atoms with Crippen molar-refractivity contribution < 1.29 is 4.92 Å². The molecule has 2 aromatic rings. The predicted octanol–water partition coefficient (Wildman–Crippen LogP) is 3.48. The van der Waals surface area contributed by atoms with E-state index in [9.17, 15) is 10.1 Å². The number of hydrogen-bond acceptors (Lipinski definition) is 5. The van der Waals surface area contributed by atoms with Gasteiger partial charge in [0.25, 0.3) is 5.69 Å². The third kappa shape index (κ3) is 2.86. The minimum atomic E-state index is -0.355. The monoisotopic (exact) mass is 330 g/mol. The van der Waals surface area contributed by atoms with Crippen molar-refractivity contribution in [2.24, 2.45) is 0 Å². The highest BCUT2D eigenvalue weighted by Crippen LogP contribution is 2.39. The van der Waals surface area contributed by atoms with E-state index in [1.54, 1.807) is 18.2 Å². The Balaban J connectivity index is 1.64. The predicted molar refractivity (Wildman–Crippen MR) is 86.9 cm³/mol. The molecule has 1 aliphatic carbocycles. The van der Waals surface area contributed by atoms with E-state index in [1.807, 2.05) is 6.07 Å². The van der Waals surface area contributed by atoms with Gasteiger partial charge < -0.3 is 4.90 Å². The van der Waals surface area contributed by atoms with Crippen LogP contribution < -0.4 is 4.90 Å². The SMILES string of the molecule is O=[N+]([O-])c1ccc2c(c1)CN(c1cc(Cl)nc(C3CC3)n1)CC2. The van der Waals surface area contributed by atoms with Crippen molar-refractivity contribution in [2.75, 3.05) is 11.4 Å². The maximum absolute atomic E-state index is 11.0. The molecule has 0 radical (unpaired) electrons. The molecule has 1 fully saturated rings. The zero-order valence-electron chi connectivity index (χ0n) is 12.4. The molecule has 0 unspecified atom stereocenters. The number of non-ortho nitro benzene ring substituents is 1. The first-order chi connectivity index (χ1) is 11.1. The van der Waals surface area contributed by atoms with E-state index in [1.165, 1.54) is 0 Å². The van der Waals surface area contributed by atoms with Crippen LogP contribution in [0.3, 0.4) is 0 Å². The lowest BCUT2D eigenvalue weighted by molar-refractivity contribution is -0.384. The van der Waals surface area contributed by atoms with Crippen molar-refractivity contribution in [3.05, 3.63) is 56.5 Å². The minimum Gasteiger partial charge on any atom is -0.352 e. The number of nitro groups is 1. The average molecular weight is 331 g/mol. The highest BCUT2D eigenvalue weighted by atomic mass is 35.5. The van der Waals surface area contributed by atoms with Crippen LogP contribution in [-0.2, 0) is 13.0 Å². The van der Waals surface area contributed by atoms with Crippen molar-refractivity contribution >= 4 is 23.1 Å². The molecule has 118 valence electrons. The topological polar surface area (TPSA) is 72.2 Å². The molecule has 1 aromatic carbocycles. The number of rotatable bonds is 3. The van der Waals surface area contributed by atoms with Crippen LogP contribution in [0.25, 0.3) is 0 Å². The first-order valence-corrected chi connectivity index (χ1v) is 8.03. The maximum atomic E-state index is 11.0. The summed E-state index contributed by atoms with van der Waals surface area (Å²) < 4.78 is 0. The third-order valence-corrected chi connectivity index (χ3v) is 4.57. The van der Waals surface area contributed by atoms with Gasteiger partial charge in [-0.3, -0.25) is 10.1 Å². The molecular weight excluding hydrogens is 316 g/mol. The standard InChI is InChI=1S/C16H15ClN4O2/c17-14-8-15(19-16(18-14)11-1-2-11)20-6-5-10-3-4-13(21(22)23)7-12(10)9-20/h3-4,7-8,11H,1-2,5-6,9H2. The number of fused-ring (bicyclic) bond motifs is 1. The molecule has 0 saturated heterocycles. The van der Waals surface area contributed by atoms with E-state index < -0.39 is 0 Å². The first-order valence-electron chi connectivity index (χ1n) is 7.66. The van der Waals surface area contributed by atoms with Gasteiger partial charge in [-0.1, -0.05) is 17.7 Å². The van der Waals surface area contributed by atoms with Crippen LogP contribution in [0.4, 0.5) is 11.5 Å². The smallest absolute Gasteiger partial charge is 0.269 e. The van der Waals surface area contributed by atoms with Gasteiger partial charge in [0.1, 0.15) is 16.8 Å². The fraction of sp³-hybridized carbons (Fsp3) is 0.375. The van der Waals surface area contributed by atoms with Crippen LogP contribution in [-0.4, -0.2) is 21.4 Å². The van der Waals surface area contributed by atoms with Gasteiger partial charge in [-0.15, -0.1) is 0 Å². The van der Waals surface area contributed by atoms with Gasteiger partial charge in [0, 0.05) is 37.2 Å². The largest absolute Gasteiger partial charge is 0.352 e. The summed E-state index contributed by atoms with van der Waals surface area (Å²) in [4.78, 5) is 21.7. The molecule has 0 atom stereocenters. The fourth-order valence-corrected chi connectivity index (χ4v) is 3.15. The summed E-state index contributed by atoms with van der Waals surface area (Å²) in [6.07, 6.45) is 3.08. The molecule has 0 bridgehead atoms. The molecule has 0 spiro atoms. The van der Waals surface area contributed by atoms with Crippen LogP contribution in [0.15, 0.2) is 24.3 Å². The molecule has 6 nitrogen and oxygen atoms in total. The molecule has 2 heterocycles. The third-order valence-electron chi connectivity index (χ3n) is 4.38. The van der Waals surface area contributed by atoms with Crippen LogP contribution in [0.2, 0.25) is 5.15 Å². The van der Waals surface area contributed by atoms with Gasteiger partial charge in [0.2, 0.25) is 0 Å². The number of hydrogen-bond donors (Lipinski definition) is 0. The molecule has 1 saturated carbocycles. The van der Waals surface area contributed by atoms with E-state index in [0.717, 1.165) is 48.6 Å². The number of benzene rings is 1. The highest BCUT2D eigenvalue weighted by Gasteiger charge is 2.28. The lowest BCUT2D eigenvalue weighted by Gasteiger charge is -2.29. The van der Waals surface area contributed by atoms with Crippen LogP contribution in [0, 0.1) is 10.1 Å². The normalized spacial score (nSPS) is 17.0. The number of nitro benzene ring substituents is 1. The zero-order valence-corrected chi connectivity index (χ0v) is 13.2. The first kappa shape index (κ1) is 14.4. The summed E-state index contributed by atoms with van der Waals surface area (Å²) in [6.45, 7) is 1.43. The second-order valence-corrected chi connectivity index (χ2v) is 6.45. The van der Waals surface area contributed by atoms with Gasteiger partial charge >= 0.3 is 0 Å². The second kappa shape index (κ2) is 5.45. The number of halogens is 1. The summed E-state index contributed by atoms with van der Waals surface area (Å²) in [7, 11) is 0. The van der Waals surface area contributed by atoms with Crippen molar-refractivity contribution in [3.8, 4) is 0 Å². The van der Waals surface area contributed by atoms with E-state index in [0.29, 0.717) is 17.6 Å². The van der Waals surface area contributed by atoms with Gasteiger partial charge in [-0.2, -0.15) is 0 Å². The fourth-order valence-electron chi connectivity index (χ4n) is 2.96. The zero-order chi connectivity index (χ0) is 16.0. The van der Waals surface area contributed by atoms with Crippen LogP contribution in [0.5, 0.6) is 0 Å². The average Bonchev–Trinajstić information content (AvgIpc) is 3.38. The van der Waals surface area contributed by atoms with E-state index in [-0.39, 0.29) is 10.6 Å². The summed E-state index contributed by atoms with van der Waals surface area (Å²) in [5, 5.41) is 11.4. The van der Waals surface area contributed by atoms with E-state index in [2.05, 4.69) is 14.9 Å². The van der Waals surface area contributed by atoms with Crippen molar-refractivity contribution in [1.29, 1.82) is 0 Å². The Morgan fingerprint density at radius 2 is 2.04 bits per heavy atom. The lowest BCUT2D eigenvalue weighted by atomic mass is 9.99. The van der Waals surface area contributed by atoms with Crippen LogP contribution in [0.1, 0.15) is 35.7 Å². The molecular formula is C16H15ClN4O2. The summed E-state index contributed by atoms with van der Waals surface area (Å²) in [5.74, 6) is 2.06. The Morgan fingerprint density at radius 3 is 2.78 bits per heavy atom. The number of anilines is 1. The Hall–Kier alpha value is -2.21. The molecule has 0 N–H and O–H groups in total. The Morgan fingerprint density at radius 1 is 1.22 bits per heavy atom. The second-order valence-electron chi connectivity index (χ2n) is 6.06. The summed E-state index contributed by atoms with van der Waals surface area (Å²) in [6, 6.07) is 6.86. The van der Waals surface area contributed by atoms with E-state index >= 15 is 0 Å². The summed E-state index contributed by atoms with van der Waals surface area (Å²) >= 11 is 6.14. The quantitative estimate of drug-likeness (QED) is 0.489.